The topological polar surface area (TPSA) is 24.9 Å². The van der Waals surface area contributed by atoms with E-state index in [9.17, 15) is 0 Å². The Hall–Kier alpha value is -1.54. The number of anilines is 1. The molecule has 0 saturated heterocycles. The third-order valence-electron chi connectivity index (χ3n) is 3.50. The molecule has 3 heteroatoms. The van der Waals surface area contributed by atoms with Crippen LogP contribution in [0.1, 0.15) is 16.7 Å². The Kier molecular flexibility index (Phi) is 2.96. The molecule has 2 aromatic rings. The molecule has 1 aliphatic carbocycles. The van der Waals surface area contributed by atoms with Gasteiger partial charge in [-0.25, -0.2) is 0 Å². The van der Waals surface area contributed by atoms with Gasteiger partial charge in [-0.1, -0.05) is 17.7 Å². The van der Waals surface area contributed by atoms with Crippen LogP contribution in [0.2, 0.25) is 5.02 Å². The van der Waals surface area contributed by atoms with Crippen LogP contribution in [-0.4, -0.2) is 11.0 Å². The number of halogens is 1. The largest absolute Gasteiger partial charge is 0.380 e. The van der Waals surface area contributed by atoms with Crippen LogP contribution in [0.5, 0.6) is 0 Å². The maximum Gasteiger partial charge on any atom is 0.0558 e. The Morgan fingerprint density at radius 2 is 2.06 bits per heavy atom. The normalized spacial score (nSPS) is 17.6. The molecule has 0 aliphatic heterocycles. The van der Waals surface area contributed by atoms with Gasteiger partial charge in [-0.15, -0.1) is 0 Å². The summed E-state index contributed by atoms with van der Waals surface area (Å²) >= 11 is 6.03. The number of aryl methyl sites for hydroxylation is 1. The SMILES string of the molecule is Cc1ccncc1NC1Cc2ccc(Cl)cc2C1. The standard InChI is InChI=1S/C15H15ClN2/c1-10-4-5-17-9-15(10)18-14-7-11-2-3-13(16)6-12(11)8-14/h2-6,9,14,18H,7-8H2,1H3. The van der Waals surface area contributed by atoms with Gasteiger partial charge in [0.1, 0.15) is 0 Å². The van der Waals surface area contributed by atoms with Crippen molar-refractivity contribution in [1.82, 2.24) is 4.98 Å². The van der Waals surface area contributed by atoms with Crippen molar-refractivity contribution in [1.29, 1.82) is 0 Å². The second-order valence-corrected chi connectivity index (χ2v) is 5.29. The van der Waals surface area contributed by atoms with Gasteiger partial charge in [0.25, 0.3) is 0 Å². The van der Waals surface area contributed by atoms with Gasteiger partial charge >= 0.3 is 0 Å². The average molecular weight is 259 g/mol. The fourth-order valence-electron chi connectivity index (χ4n) is 2.52. The number of aromatic nitrogens is 1. The molecule has 1 unspecified atom stereocenters. The van der Waals surface area contributed by atoms with Gasteiger partial charge < -0.3 is 5.32 Å². The molecule has 3 rings (SSSR count). The molecule has 0 amide bonds. The van der Waals surface area contributed by atoms with Crippen molar-refractivity contribution in [2.24, 2.45) is 0 Å². The van der Waals surface area contributed by atoms with Gasteiger partial charge in [-0.2, -0.15) is 0 Å². The molecule has 92 valence electrons. The van der Waals surface area contributed by atoms with Crippen LogP contribution in [0.4, 0.5) is 5.69 Å². The number of fused-ring (bicyclic) bond motifs is 1. The smallest absolute Gasteiger partial charge is 0.0558 e. The highest BCUT2D eigenvalue weighted by Gasteiger charge is 2.21. The first-order valence-corrected chi connectivity index (χ1v) is 6.54. The van der Waals surface area contributed by atoms with Crippen LogP contribution < -0.4 is 5.32 Å². The number of hydrogen-bond acceptors (Lipinski definition) is 2. The van der Waals surface area contributed by atoms with Gasteiger partial charge in [-0.3, -0.25) is 4.98 Å². The van der Waals surface area contributed by atoms with E-state index in [1.807, 2.05) is 24.5 Å². The molecular weight excluding hydrogens is 244 g/mol. The minimum Gasteiger partial charge on any atom is -0.380 e. The van der Waals surface area contributed by atoms with E-state index in [-0.39, 0.29) is 0 Å². The van der Waals surface area contributed by atoms with Crippen LogP contribution in [0.15, 0.2) is 36.7 Å². The summed E-state index contributed by atoms with van der Waals surface area (Å²) in [6, 6.07) is 8.66. The summed E-state index contributed by atoms with van der Waals surface area (Å²) in [5.74, 6) is 0. The van der Waals surface area contributed by atoms with Crippen molar-refractivity contribution < 1.29 is 0 Å². The predicted octanol–water partition coefficient (Wildman–Crippen LogP) is 3.62. The fraction of sp³-hybridized carbons (Fsp3) is 0.267. The summed E-state index contributed by atoms with van der Waals surface area (Å²) in [5, 5.41) is 4.40. The highest BCUT2D eigenvalue weighted by atomic mass is 35.5. The van der Waals surface area contributed by atoms with Crippen molar-refractivity contribution in [2.45, 2.75) is 25.8 Å². The summed E-state index contributed by atoms with van der Waals surface area (Å²) in [5.41, 5.74) is 5.13. The zero-order chi connectivity index (χ0) is 12.5. The average Bonchev–Trinajstić information content (AvgIpc) is 2.73. The molecule has 0 saturated carbocycles. The van der Waals surface area contributed by atoms with Gasteiger partial charge in [0.2, 0.25) is 0 Å². The molecule has 1 aliphatic rings. The summed E-state index contributed by atoms with van der Waals surface area (Å²) in [6.45, 7) is 2.10. The first-order chi connectivity index (χ1) is 8.72. The van der Waals surface area contributed by atoms with E-state index in [0.717, 1.165) is 23.6 Å². The van der Waals surface area contributed by atoms with Crippen LogP contribution in [0, 0.1) is 6.92 Å². The van der Waals surface area contributed by atoms with Gasteiger partial charge in [0.05, 0.1) is 11.9 Å². The quantitative estimate of drug-likeness (QED) is 0.890. The van der Waals surface area contributed by atoms with Crippen molar-refractivity contribution in [2.75, 3.05) is 5.32 Å². The Morgan fingerprint density at radius 1 is 1.22 bits per heavy atom. The first-order valence-electron chi connectivity index (χ1n) is 6.17. The lowest BCUT2D eigenvalue weighted by Gasteiger charge is -2.14. The zero-order valence-corrected chi connectivity index (χ0v) is 11.0. The molecule has 1 heterocycles. The van der Waals surface area contributed by atoms with E-state index in [1.54, 1.807) is 0 Å². The third-order valence-corrected chi connectivity index (χ3v) is 3.73. The molecule has 0 fully saturated rings. The molecular formula is C15H15ClN2. The Morgan fingerprint density at radius 3 is 2.89 bits per heavy atom. The Balaban J connectivity index is 1.77. The lowest BCUT2D eigenvalue weighted by molar-refractivity contribution is 0.772. The van der Waals surface area contributed by atoms with Gasteiger partial charge in [0.15, 0.2) is 0 Å². The van der Waals surface area contributed by atoms with Crippen LogP contribution in [0.25, 0.3) is 0 Å². The summed E-state index contributed by atoms with van der Waals surface area (Å²) in [4.78, 5) is 4.17. The summed E-state index contributed by atoms with van der Waals surface area (Å²) in [7, 11) is 0. The molecule has 1 aromatic carbocycles. The molecule has 0 spiro atoms. The van der Waals surface area contributed by atoms with Crippen molar-refractivity contribution >= 4 is 17.3 Å². The van der Waals surface area contributed by atoms with Gasteiger partial charge in [0, 0.05) is 17.3 Å². The number of benzene rings is 1. The number of rotatable bonds is 2. The first kappa shape index (κ1) is 11.5. The number of nitrogens with one attached hydrogen (secondary N) is 1. The van der Waals surface area contributed by atoms with Crippen molar-refractivity contribution in [3.05, 3.63) is 58.4 Å². The Labute approximate surface area is 112 Å². The minimum atomic E-state index is 0.446. The summed E-state index contributed by atoms with van der Waals surface area (Å²) < 4.78 is 0. The van der Waals surface area contributed by atoms with E-state index >= 15 is 0 Å². The monoisotopic (exact) mass is 258 g/mol. The lowest BCUT2D eigenvalue weighted by Crippen LogP contribution is -2.20. The van der Waals surface area contributed by atoms with E-state index in [4.69, 9.17) is 11.6 Å². The van der Waals surface area contributed by atoms with Gasteiger partial charge in [-0.05, 0) is 54.7 Å². The minimum absolute atomic E-state index is 0.446. The molecule has 18 heavy (non-hydrogen) atoms. The van der Waals surface area contributed by atoms with Crippen LogP contribution in [0.3, 0.4) is 0 Å². The second kappa shape index (κ2) is 4.62. The predicted molar refractivity (Wildman–Crippen MR) is 75.2 cm³/mol. The van der Waals surface area contributed by atoms with Crippen molar-refractivity contribution in [3.8, 4) is 0 Å². The zero-order valence-electron chi connectivity index (χ0n) is 10.3. The lowest BCUT2D eigenvalue weighted by atomic mass is 10.1. The molecule has 1 N–H and O–H groups in total. The molecule has 0 bridgehead atoms. The van der Waals surface area contributed by atoms with Crippen LogP contribution >= 0.6 is 11.6 Å². The highest BCUT2D eigenvalue weighted by Crippen LogP contribution is 2.27. The summed E-state index contributed by atoms with van der Waals surface area (Å²) in [6.07, 6.45) is 5.81. The van der Waals surface area contributed by atoms with E-state index in [2.05, 4.69) is 29.4 Å². The maximum absolute atomic E-state index is 6.03. The van der Waals surface area contributed by atoms with Crippen molar-refractivity contribution in [3.63, 3.8) is 0 Å². The molecule has 1 aromatic heterocycles. The number of nitrogens with zero attached hydrogens (tertiary/aromatic N) is 1. The second-order valence-electron chi connectivity index (χ2n) is 4.85. The van der Waals surface area contributed by atoms with Crippen LogP contribution in [-0.2, 0) is 12.8 Å². The molecule has 0 radical (unpaired) electrons. The molecule has 2 nitrogen and oxygen atoms in total. The molecule has 1 atom stereocenters. The number of pyridine rings is 1. The third kappa shape index (κ3) is 2.21. The van der Waals surface area contributed by atoms with E-state index in [0.29, 0.717) is 6.04 Å². The van der Waals surface area contributed by atoms with E-state index in [1.165, 1.54) is 16.7 Å². The fourth-order valence-corrected chi connectivity index (χ4v) is 2.72. The maximum atomic E-state index is 6.03. The highest BCUT2D eigenvalue weighted by molar-refractivity contribution is 6.30. The Bertz CT molecular complexity index is 580. The number of hydrogen-bond donors (Lipinski definition) is 1. The van der Waals surface area contributed by atoms with E-state index < -0.39 is 0 Å².